The van der Waals surface area contributed by atoms with Gasteiger partial charge in [-0.2, -0.15) is 0 Å². The minimum Gasteiger partial charge on any atom is -0.369 e. The molecule has 0 aromatic heterocycles. The van der Waals surface area contributed by atoms with Gasteiger partial charge in [0.1, 0.15) is 0 Å². The lowest BCUT2D eigenvalue weighted by Crippen LogP contribution is -1.95. The summed E-state index contributed by atoms with van der Waals surface area (Å²) in [6.07, 6.45) is 5.98. The first kappa shape index (κ1) is 10.0. The number of ether oxygens (including phenoxy) is 1. The van der Waals surface area contributed by atoms with Gasteiger partial charge in [-0.25, -0.2) is 0 Å². The zero-order valence-electron chi connectivity index (χ0n) is 7.96. The van der Waals surface area contributed by atoms with Crippen molar-refractivity contribution in [3.63, 3.8) is 0 Å². The SMILES string of the molecule is C=CC(=C)CC1OC1CC(=C)C=C. The zero-order chi connectivity index (χ0) is 9.84. The van der Waals surface area contributed by atoms with Crippen LogP contribution in [0.4, 0.5) is 0 Å². The molecule has 0 saturated carbocycles. The summed E-state index contributed by atoms with van der Waals surface area (Å²) in [5.41, 5.74) is 2.08. The number of epoxide rings is 1. The molecule has 70 valence electrons. The third-order valence-corrected chi connectivity index (χ3v) is 2.19. The molecule has 0 aromatic carbocycles. The van der Waals surface area contributed by atoms with Gasteiger partial charge in [0, 0.05) is 12.8 Å². The molecule has 1 heterocycles. The summed E-state index contributed by atoms with van der Waals surface area (Å²) in [6, 6.07) is 0. The highest BCUT2D eigenvalue weighted by atomic mass is 16.6. The molecular formula is C12H16O. The van der Waals surface area contributed by atoms with Gasteiger partial charge in [-0.05, 0) is 0 Å². The maximum absolute atomic E-state index is 5.44. The van der Waals surface area contributed by atoms with E-state index in [2.05, 4.69) is 26.3 Å². The molecule has 1 heteroatoms. The van der Waals surface area contributed by atoms with Crippen LogP contribution in [0.25, 0.3) is 0 Å². The fraction of sp³-hybridized carbons (Fsp3) is 0.333. The number of allylic oxidation sites excluding steroid dienone is 2. The second-order valence-corrected chi connectivity index (χ2v) is 3.35. The van der Waals surface area contributed by atoms with Gasteiger partial charge in [0.15, 0.2) is 0 Å². The molecule has 1 nitrogen and oxygen atoms in total. The Hall–Kier alpha value is -1.08. The van der Waals surface area contributed by atoms with Crippen LogP contribution >= 0.6 is 0 Å². The molecule has 0 amide bonds. The molecule has 1 saturated heterocycles. The first-order valence-corrected chi connectivity index (χ1v) is 4.43. The van der Waals surface area contributed by atoms with Crippen LogP contribution in [0.15, 0.2) is 49.6 Å². The minimum absolute atomic E-state index is 0.321. The second kappa shape index (κ2) is 4.24. The van der Waals surface area contributed by atoms with Crippen molar-refractivity contribution in [1.82, 2.24) is 0 Å². The lowest BCUT2D eigenvalue weighted by molar-refractivity contribution is 0.369. The Morgan fingerprint density at radius 2 is 1.38 bits per heavy atom. The summed E-state index contributed by atoms with van der Waals surface area (Å²) in [5, 5.41) is 0. The Balaban J connectivity index is 2.23. The molecule has 0 spiro atoms. The quantitative estimate of drug-likeness (QED) is 0.447. The molecule has 0 radical (unpaired) electrons. The highest BCUT2D eigenvalue weighted by Crippen LogP contribution is 2.32. The third kappa shape index (κ3) is 3.03. The van der Waals surface area contributed by atoms with Crippen LogP contribution in [-0.4, -0.2) is 12.2 Å². The molecule has 0 aromatic rings. The molecule has 0 aliphatic carbocycles. The van der Waals surface area contributed by atoms with E-state index in [1.807, 2.05) is 0 Å². The van der Waals surface area contributed by atoms with E-state index in [-0.39, 0.29) is 0 Å². The van der Waals surface area contributed by atoms with Crippen LogP contribution in [0.1, 0.15) is 12.8 Å². The van der Waals surface area contributed by atoms with Crippen molar-refractivity contribution >= 4 is 0 Å². The van der Waals surface area contributed by atoms with Crippen molar-refractivity contribution in [2.45, 2.75) is 25.0 Å². The Morgan fingerprint density at radius 3 is 1.69 bits per heavy atom. The lowest BCUT2D eigenvalue weighted by Gasteiger charge is -1.95. The van der Waals surface area contributed by atoms with Crippen molar-refractivity contribution < 1.29 is 4.74 Å². The molecule has 13 heavy (non-hydrogen) atoms. The molecule has 1 fully saturated rings. The third-order valence-electron chi connectivity index (χ3n) is 2.19. The lowest BCUT2D eigenvalue weighted by atomic mass is 10.1. The smallest absolute Gasteiger partial charge is 0.0885 e. The number of hydrogen-bond acceptors (Lipinski definition) is 1. The van der Waals surface area contributed by atoms with Gasteiger partial charge in [0.05, 0.1) is 12.2 Å². The van der Waals surface area contributed by atoms with Crippen molar-refractivity contribution in [3.05, 3.63) is 49.6 Å². The fourth-order valence-corrected chi connectivity index (χ4v) is 1.22. The van der Waals surface area contributed by atoms with E-state index >= 15 is 0 Å². The Morgan fingerprint density at radius 1 is 1.00 bits per heavy atom. The monoisotopic (exact) mass is 176 g/mol. The summed E-state index contributed by atoms with van der Waals surface area (Å²) in [6.45, 7) is 15.0. The van der Waals surface area contributed by atoms with Gasteiger partial charge >= 0.3 is 0 Å². The molecular weight excluding hydrogens is 160 g/mol. The molecule has 0 N–H and O–H groups in total. The van der Waals surface area contributed by atoms with E-state index < -0.39 is 0 Å². The van der Waals surface area contributed by atoms with Gasteiger partial charge in [-0.1, -0.05) is 49.6 Å². The van der Waals surface area contributed by atoms with Crippen LogP contribution < -0.4 is 0 Å². The van der Waals surface area contributed by atoms with Crippen molar-refractivity contribution in [2.75, 3.05) is 0 Å². The zero-order valence-corrected chi connectivity index (χ0v) is 7.96. The number of rotatable bonds is 6. The maximum atomic E-state index is 5.44. The van der Waals surface area contributed by atoms with Crippen LogP contribution in [0.2, 0.25) is 0 Å². The largest absolute Gasteiger partial charge is 0.369 e. The van der Waals surface area contributed by atoms with Crippen molar-refractivity contribution in [2.24, 2.45) is 0 Å². The predicted molar refractivity (Wildman–Crippen MR) is 56.6 cm³/mol. The van der Waals surface area contributed by atoms with Crippen LogP contribution in [0.3, 0.4) is 0 Å². The van der Waals surface area contributed by atoms with Crippen molar-refractivity contribution in [1.29, 1.82) is 0 Å². The van der Waals surface area contributed by atoms with E-state index in [0.29, 0.717) is 12.2 Å². The Bertz CT molecular complexity index is 224. The number of hydrogen-bond donors (Lipinski definition) is 0. The summed E-state index contributed by atoms with van der Waals surface area (Å²) >= 11 is 0. The first-order chi connectivity index (χ1) is 6.17. The van der Waals surface area contributed by atoms with Gasteiger partial charge < -0.3 is 4.74 Å². The van der Waals surface area contributed by atoms with Crippen molar-refractivity contribution in [3.8, 4) is 0 Å². The minimum atomic E-state index is 0.321. The maximum Gasteiger partial charge on any atom is 0.0885 e. The van der Waals surface area contributed by atoms with Gasteiger partial charge in [0.2, 0.25) is 0 Å². The summed E-state index contributed by atoms with van der Waals surface area (Å²) in [4.78, 5) is 0. The highest BCUT2D eigenvalue weighted by Gasteiger charge is 2.38. The average Bonchev–Trinajstić information content (AvgIpc) is 2.83. The standard InChI is InChI=1S/C12H16O/c1-5-9(3)7-11-12(13-11)8-10(4)6-2/h5-6,11-12H,1-4,7-8H2. The molecule has 1 aliphatic heterocycles. The first-order valence-electron chi connectivity index (χ1n) is 4.43. The second-order valence-electron chi connectivity index (χ2n) is 3.35. The van der Waals surface area contributed by atoms with Gasteiger partial charge in [0.25, 0.3) is 0 Å². The summed E-state index contributed by atoms with van der Waals surface area (Å²) < 4.78 is 5.44. The molecule has 0 bridgehead atoms. The molecule has 2 unspecified atom stereocenters. The van der Waals surface area contributed by atoms with Crippen LogP contribution in [0.5, 0.6) is 0 Å². The topological polar surface area (TPSA) is 12.5 Å². The summed E-state index contributed by atoms with van der Waals surface area (Å²) in [7, 11) is 0. The predicted octanol–water partition coefficient (Wildman–Crippen LogP) is 3.02. The molecule has 2 atom stereocenters. The highest BCUT2D eigenvalue weighted by molar-refractivity contribution is 5.18. The average molecular weight is 176 g/mol. The van der Waals surface area contributed by atoms with E-state index in [1.165, 1.54) is 0 Å². The van der Waals surface area contributed by atoms with Crippen LogP contribution in [0, 0.1) is 0 Å². The fourth-order valence-electron chi connectivity index (χ4n) is 1.22. The van der Waals surface area contributed by atoms with E-state index in [4.69, 9.17) is 4.74 Å². The molecule has 1 rings (SSSR count). The van der Waals surface area contributed by atoms with Crippen LogP contribution in [-0.2, 0) is 4.74 Å². The summed E-state index contributed by atoms with van der Waals surface area (Å²) in [5.74, 6) is 0. The Kier molecular flexibility index (Phi) is 3.26. The van der Waals surface area contributed by atoms with E-state index in [1.54, 1.807) is 12.2 Å². The van der Waals surface area contributed by atoms with Gasteiger partial charge in [-0.3, -0.25) is 0 Å². The van der Waals surface area contributed by atoms with Gasteiger partial charge in [-0.15, -0.1) is 0 Å². The van der Waals surface area contributed by atoms with E-state index in [0.717, 1.165) is 24.0 Å². The molecule has 1 aliphatic rings. The Labute approximate surface area is 80.1 Å². The normalized spacial score (nSPS) is 24.9. The van der Waals surface area contributed by atoms with E-state index in [9.17, 15) is 0 Å².